The van der Waals surface area contributed by atoms with Crippen LogP contribution in [-0.2, 0) is 22.7 Å². The van der Waals surface area contributed by atoms with Crippen LogP contribution in [0, 0.1) is 20.2 Å². The highest BCUT2D eigenvalue weighted by molar-refractivity contribution is 14.1. The zero-order chi connectivity index (χ0) is 32.1. The van der Waals surface area contributed by atoms with Gasteiger partial charge in [0.15, 0.2) is 23.1 Å². The summed E-state index contributed by atoms with van der Waals surface area (Å²) in [5.74, 6) is 0.322. The molecule has 6 rings (SSSR count). The van der Waals surface area contributed by atoms with Crippen molar-refractivity contribution in [2.75, 3.05) is 7.11 Å². The Kier molecular flexibility index (Phi) is 8.44. The predicted molar refractivity (Wildman–Crippen MR) is 181 cm³/mol. The molecule has 234 valence electrons. The molecule has 0 saturated heterocycles. The fourth-order valence-corrected chi connectivity index (χ4v) is 7.93. The van der Waals surface area contributed by atoms with E-state index in [0.717, 1.165) is 50.1 Å². The standard InChI is InChI=1S/C38H39FINO4/c1-37(2)17-28-34(30(42)19-37)33(25-15-27(40)36(32(16-25)44-5)45-22-24-13-9-10-14-26(24)39)35-29(18-38(3,4)20-31(35)43)41(28)21-23-11-7-6-8-12-23/h6-16,33H,17-22H2,1-5H3. The number of hydrogen-bond acceptors (Lipinski definition) is 5. The van der Waals surface area contributed by atoms with Crippen LogP contribution in [0.25, 0.3) is 0 Å². The highest BCUT2D eigenvalue weighted by Crippen LogP contribution is 2.55. The largest absolute Gasteiger partial charge is 0.493 e. The molecular weight excluding hydrogens is 680 g/mol. The molecule has 0 bridgehead atoms. The Balaban J connectivity index is 1.51. The monoisotopic (exact) mass is 719 g/mol. The summed E-state index contributed by atoms with van der Waals surface area (Å²) in [5.41, 5.74) is 5.46. The molecule has 1 heterocycles. The Morgan fingerprint density at radius 2 is 1.42 bits per heavy atom. The van der Waals surface area contributed by atoms with Gasteiger partial charge in [-0.15, -0.1) is 0 Å². The lowest BCUT2D eigenvalue weighted by molar-refractivity contribution is -0.119. The van der Waals surface area contributed by atoms with Crippen LogP contribution in [0.5, 0.6) is 11.5 Å². The van der Waals surface area contributed by atoms with Gasteiger partial charge in [0.05, 0.1) is 10.7 Å². The summed E-state index contributed by atoms with van der Waals surface area (Å²) in [6, 6.07) is 20.7. The van der Waals surface area contributed by atoms with E-state index in [2.05, 4.69) is 67.3 Å². The maximum Gasteiger partial charge on any atom is 0.174 e. The first-order valence-electron chi connectivity index (χ1n) is 15.4. The molecule has 0 spiro atoms. The number of Topliss-reactive ketones (excluding diaryl/α,β-unsaturated/α-hetero) is 2. The summed E-state index contributed by atoms with van der Waals surface area (Å²) in [6.45, 7) is 9.25. The lowest BCUT2D eigenvalue weighted by Crippen LogP contribution is -2.44. The van der Waals surface area contributed by atoms with Crippen molar-refractivity contribution in [2.24, 2.45) is 10.8 Å². The van der Waals surface area contributed by atoms with Crippen molar-refractivity contribution < 1.29 is 23.5 Å². The van der Waals surface area contributed by atoms with Crippen molar-refractivity contribution >= 4 is 34.2 Å². The Morgan fingerprint density at radius 3 is 2.00 bits per heavy atom. The van der Waals surface area contributed by atoms with Crippen LogP contribution in [0.2, 0.25) is 0 Å². The highest BCUT2D eigenvalue weighted by atomic mass is 127. The van der Waals surface area contributed by atoms with Gasteiger partial charge >= 0.3 is 0 Å². The van der Waals surface area contributed by atoms with Crippen molar-refractivity contribution in [2.45, 2.75) is 72.4 Å². The quantitative estimate of drug-likeness (QED) is 0.229. The molecule has 0 atom stereocenters. The Morgan fingerprint density at radius 1 is 0.844 bits per heavy atom. The number of nitrogens with zero attached hydrogens (tertiary/aromatic N) is 1. The lowest BCUT2D eigenvalue weighted by Gasteiger charge is -2.49. The number of rotatable bonds is 7. The van der Waals surface area contributed by atoms with Crippen molar-refractivity contribution in [3.05, 3.63) is 115 Å². The lowest BCUT2D eigenvalue weighted by atomic mass is 9.63. The topological polar surface area (TPSA) is 55.8 Å². The van der Waals surface area contributed by atoms with Gasteiger partial charge in [-0.2, -0.15) is 0 Å². The van der Waals surface area contributed by atoms with Crippen LogP contribution in [0.1, 0.15) is 76.0 Å². The van der Waals surface area contributed by atoms with E-state index in [1.807, 2.05) is 30.3 Å². The molecule has 0 radical (unpaired) electrons. The van der Waals surface area contributed by atoms with Crippen LogP contribution in [0.15, 0.2) is 89.3 Å². The molecule has 0 unspecified atom stereocenters. The fourth-order valence-electron chi connectivity index (χ4n) is 7.15. The first-order valence-corrected chi connectivity index (χ1v) is 16.5. The van der Waals surface area contributed by atoms with Gasteiger partial charge in [-0.25, -0.2) is 4.39 Å². The van der Waals surface area contributed by atoms with Gasteiger partial charge in [-0.1, -0.05) is 76.2 Å². The molecule has 0 N–H and O–H groups in total. The molecule has 0 fully saturated rings. The van der Waals surface area contributed by atoms with Crippen LogP contribution >= 0.6 is 22.6 Å². The molecule has 3 aromatic carbocycles. The Hall–Kier alpha value is -3.46. The predicted octanol–water partition coefficient (Wildman–Crippen LogP) is 8.90. The van der Waals surface area contributed by atoms with E-state index in [1.165, 1.54) is 6.07 Å². The molecule has 0 amide bonds. The second-order valence-corrected chi connectivity index (χ2v) is 15.2. The first-order chi connectivity index (χ1) is 21.4. The van der Waals surface area contributed by atoms with E-state index in [-0.39, 0.29) is 34.8 Å². The highest BCUT2D eigenvalue weighted by Gasteiger charge is 2.49. The second kappa shape index (κ2) is 12.0. The first kappa shape index (κ1) is 31.5. The number of carbonyl (C=O) groups excluding carboxylic acids is 2. The average Bonchev–Trinajstić information content (AvgIpc) is 2.97. The molecule has 1 aliphatic heterocycles. The third-order valence-electron chi connectivity index (χ3n) is 9.12. The van der Waals surface area contributed by atoms with E-state index in [1.54, 1.807) is 25.3 Å². The summed E-state index contributed by atoms with van der Waals surface area (Å²) in [5, 5.41) is 0. The molecule has 0 saturated carbocycles. The molecule has 3 aliphatic rings. The van der Waals surface area contributed by atoms with Crippen molar-refractivity contribution in [3.63, 3.8) is 0 Å². The third-order valence-corrected chi connectivity index (χ3v) is 9.92. The van der Waals surface area contributed by atoms with Gasteiger partial charge in [0, 0.05) is 53.4 Å². The van der Waals surface area contributed by atoms with Gasteiger partial charge in [-0.05, 0) is 75.6 Å². The van der Waals surface area contributed by atoms with Crippen LogP contribution < -0.4 is 9.47 Å². The minimum atomic E-state index is -0.503. The van der Waals surface area contributed by atoms with Crippen LogP contribution in [0.3, 0.4) is 0 Å². The van der Waals surface area contributed by atoms with E-state index in [4.69, 9.17) is 9.47 Å². The summed E-state index contributed by atoms with van der Waals surface area (Å²) in [6.07, 6.45) is 2.31. The number of methoxy groups -OCH3 is 1. The Bertz CT molecular complexity index is 1690. The van der Waals surface area contributed by atoms with Gasteiger partial charge in [0.25, 0.3) is 0 Å². The van der Waals surface area contributed by atoms with E-state index < -0.39 is 5.92 Å². The number of benzene rings is 3. The SMILES string of the molecule is COc1cc(C2C3=C(CC(C)(C)CC3=O)N(Cc3ccccc3)C3=C2C(=O)CC(C)(C)C3)cc(I)c1OCc1ccccc1F. The summed E-state index contributed by atoms with van der Waals surface area (Å²) >= 11 is 2.21. The van der Waals surface area contributed by atoms with Crippen LogP contribution in [0.4, 0.5) is 4.39 Å². The van der Waals surface area contributed by atoms with Gasteiger partial charge in [0.1, 0.15) is 12.4 Å². The van der Waals surface area contributed by atoms with Crippen molar-refractivity contribution in [3.8, 4) is 11.5 Å². The molecule has 0 aromatic heterocycles. The zero-order valence-electron chi connectivity index (χ0n) is 26.5. The zero-order valence-corrected chi connectivity index (χ0v) is 28.7. The fraction of sp³-hybridized carbons (Fsp3) is 0.368. The number of ether oxygens (including phenoxy) is 2. The van der Waals surface area contributed by atoms with E-state index in [0.29, 0.717) is 36.4 Å². The van der Waals surface area contributed by atoms with Crippen molar-refractivity contribution in [1.82, 2.24) is 4.90 Å². The average molecular weight is 720 g/mol. The molecule has 2 aliphatic carbocycles. The normalized spacial score (nSPS) is 19.4. The third kappa shape index (κ3) is 6.20. The Labute approximate surface area is 278 Å². The minimum absolute atomic E-state index is 0.0436. The number of allylic oxidation sites excluding steroid dienone is 4. The molecule has 7 heteroatoms. The molecule has 45 heavy (non-hydrogen) atoms. The van der Waals surface area contributed by atoms with Crippen molar-refractivity contribution in [1.29, 1.82) is 0 Å². The maximum atomic E-state index is 14.4. The van der Waals surface area contributed by atoms with E-state index >= 15 is 0 Å². The molecular formula is C38H39FINO4. The number of ketones is 2. The summed E-state index contributed by atoms with van der Waals surface area (Å²) in [4.78, 5) is 30.7. The molecule has 3 aromatic rings. The van der Waals surface area contributed by atoms with Gasteiger partial charge in [-0.3, -0.25) is 9.59 Å². The van der Waals surface area contributed by atoms with Crippen LogP contribution in [-0.4, -0.2) is 23.6 Å². The van der Waals surface area contributed by atoms with Gasteiger partial charge in [0.2, 0.25) is 0 Å². The molecule has 5 nitrogen and oxygen atoms in total. The summed E-state index contributed by atoms with van der Waals surface area (Å²) in [7, 11) is 1.57. The smallest absolute Gasteiger partial charge is 0.174 e. The number of hydrogen-bond donors (Lipinski definition) is 0. The second-order valence-electron chi connectivity index (χ2n) is 14.0. The number of carbonyl (C=O) groups is 2. The number of halogens is 2. The summed E-state index contributed by atoms with van der Waals surface area (Å²) < 4.78 is 27.1. The minimum Gasteiger partial charge on any atom is -0.493 e. The maximum absolute atomic E-state index is 14.4. The van der Waals surface area contributed by atoms with E-state index in [9.17, 15) is 14.0 Å². The van der Waals surface area contributed by atoms with Gasteiger partial charge < -0.3 is 14.4 Å².